The third kappa shape index (κ3) is 3.28. The molecule has 0 aromatic rings. The van der Waals surface area contributed by atoms with Crippen LogP contribution in [0.2, 0.25) is 0 Å². The summed E-state index contributed by atoms with van der Waals surface area (Å²) in [6.07, 6.45) is -0.289. The fourth-order valence-corrected chi connectivity index (χ4v) is 1.000. The number of hydrogen-bond acceptors (Lipinski definition) is 6. The molecule has 4 N–H and O–H groups in total. The van der Waals surface area contributed by atoms with Gasteiger partial charge in [0, 0.05) is 6.08 Å². The first-order valence-electron chi connectivity index (χ1n) is 4.36. The Kier molecular flexibility index (Phi) is 6.11. The van der Waals surface area contributed by atoms with Gasteiger partial charge in [-0.3, -0.25) is 0 Å². The molecule has 0 spiro atoms. The molecule has 6 nitrogen and oxygen atoms in total. The maximum absolute atomic E-state index is 10.9. The highest BCUT2D eigenvalue weighted by Crippen LogP contribution is 2.23. The van der Waals surface area contributed by atoms with Crippen molar-refractivity contribution in [3.63, 3.8) is 0 Å². The molecular weight excluding hydrogens is 204 g/mol. The smallest absolute Gasteiger partial charge is 0.330 e. The summed E-state index contributed by atoms with van der Waals surface area (Å²) >= 11 is 0. The van der Waals surface area contributed by atoms with Crippen molar-refractivity contribution in [3.05, 3.63) is 12.7 Å². The molecule has 0 amide bonds. The van der Waals surface area contributed by atoms with Crippen molar-refractivity contribution in [3.8, 4) is 0 Å². The molecular formula is C9H16O6. The first-order chi connectivity index (χ1) is 7.10. The molecule has 0 saturated carbocycles. The quantitative estimate of drug-likeness (QED) is 0.293. The molecule has 1 unspecified atom stereocenters. The van der Waals surface area contributed by atoms with E-state index in [1.54, 1.807) is 0 Å². The van der Waals surface area contributed by atoms with Crippen molar-refractivity contribution in [1.82, 2.24) is 0 Å². The molecule has 0 fully saturated rings. The summed E-state index contributed by atoms with van der Waals surface area (Å²) in [7, 11) is 0. The van der Waals surface area contributed by atoms with E-state index in [-0.39, 0.29) is 0 Å². The molecule has 0 aliphatic carbocycles. The van der Waals surface area contributed by atoms with Crippen LogP contribution in [0.25, 0.3) is 0 Å². The summed E-state index contributed by atoms with van der Waals surface area (Å²) in [5, 5.41) is 36.0. The zero-order chi connectivity index (χ0) is 11.9. The first kappa shape index (κ1) is 14.1. The average molecular weight is 220 g/mol. The van der Waals surface area contributed by atoms with Crippen molar-refractivity contribution < 1.29 is 30.0 Å². The van der Waals surface area contributed by atoms with Crippen molar-refractivity contribution in [2.45, 2.75) is 6.10 Å². The minimum Gasteiger partial charge on any atom is -0.456 e. The lowest BCUT2D eigenvalue weighted by molar-refractivity contribution is -0.164. The van der Waals surface area contributed by atoms with Crippen molar-refractivity contribution in [2.24, 2.45) is 5.41 Å². The fourth-order valence-electron chi connectivity index (χ4n) is 1.000. The van der Waals surface area contributed by atoms with E-state index in [1.165, 1.54) is 0 Å². The van der Waals surface area contributed by atoms with Gasteiger partial charge in [0.2, 0.25) is 0 Å². The molecule has 6 heteroatoms. The topological polar surface area (TPSA) is 107 Å². The lowest BCUT2D eigenvalue weighted by Gasteiger charge is -2.34. The second kappa shape index (κ2) is 6.52. The van der Waals surface area contributed by atoms with Gasteiger partial charge in [0.15, 0.2) is 0 Å². The van der Waals surface area contributed by atoms with E-state index in [0.717, 1.165) is 6.08 Å². The summed E-state index contributed by atoms with van der Waals surface area (Å²) in [6.45, 7) is 0.708. The number of carbonyl (C=O) groups excluding carboxylic acids is 1. The molecule has 0 rings (SSSR count). The Bertz CT molecular complexity index is 202. The highest BCUT2D eigenvalue weighted by molar-refractivity contribution is 5.81. The Morgan fingerprint density at radius 1 is 1.27 bits per heavy atom. The maximum Gasteiger partial charge on any atom is 0.330 e. The second-order valence-corrected chi connectivity index (χ2v) is 3.15. The zero-order valence-corrected chi connectivity index (χ0v) is 8.30. The summed E-state index contributed by atoms with van der Waals surface area (Å²) < 4.78 is 4.70. The third-order valence-electron chi connectivity index (χ3n) is 2.22. The van der Waals surface area contributed by atoms with E-state index in [0.29, 0.717) is 0 Å². The van der Waals surface area contributed by atoms with Gasteiger partial charge in [-0.15, -0.1) is 0 Å². The Morgan fingerprint density at radius 2 is 1.73 bits per heavy atom. The van der Waals surface area contributed by atoms with Gasteiger partial charge < -0.3 is 25.2 Å². The predicted octanol–water partition coefficient (Wildman–Crippen LogP) is -1.96. The molecule has 1 atom stereocenters. The van der Waals surface area contributed by atoms with E-state index in [2.05, 4.69) is 6.58 Å². The number of carbonyl (C=O) groups is 1. The van der Waals surface area contributed by atoms with Gasteiger partial charge in [-0.1, -0.05) is 6.58 Å². The Balaban J connectivity index is 4.73. The van der Waals surface area contributed by atoms with Crippen LogP contribution in [0.15, 0.2) is 12.7 Å². The largest absolute Gasteiger partial charge is 0.456 e. The van der Waals surface area contributed by atoms with Crippen LogP contribution in [0.4, 0.5) is 0 Å². The number of aliphatic hydroxyl groups excluding tert-OH is 4. The van der Waals surface area contributed by atoms with Crippen LogP contribution in [0.3, 0.4) is 0 Å². The molecule has 0 aromatic carbocycles. The second-order valence-electron chi connectivity index (χ2n) is 3.15. The standard InChI is InChI=1S/C9H16O6/c1-2-8(14)15-7(3-10)9(4-11,5-12)6-13/h2,7,10-13H,1,3-6H2. The van der Waals surface area contributed by atoms with E-state index in [9.17, 15) is 4.79 Å². The fraction of sp³-hybridized carbons (Fsp3) is 0.667. The van der Waals surface area contributed by atoms with Crippen LogP contribution >= 0.6 is 0 Å². The van der Waals surface area contributed by atoms with Crippen LogP contribution in [-0.2, 0) is 9.53 Å². The normalized spacial score (nSPS) is 13.3. The van der Waals surface area contributed by atoms with Gasteiger partial charge in [0.25, 0.3) is 0 Å². The van der Waals surface area contributed by atoms with Crippen LogP contribution in [0, 0.1) is 5.41 Å². The molecule has 0 aliphatic heterocycles. The summed E-state index contributed by atoms with van der Waals surface area (Å²) in [6, 6.07) is 0. The van der Waals surface area contributed by atoms with Gasteiger partial charge in [-0.25, -0.2) is 4.79 Å². The summed E-state index contributed by atoms with van der Waals surface area (Å²) in [5.41, 5.74) is -1.45. The molecule has 15 heavy (non-hydrogen) atoms. The number of aliphatic hydroxyl groups is 4. The minimum absolute atomic E-state index is 0.610. The van der Waals surface area contributed by atoms with Gasteiger partial charge in [0.1, 0.15) is 6.10 Å². The Labute approximate surface area is 87.4 Å². The van der Waals surface area contributed by atoms with Gasteiger partial charge in [-0.2, -0.15) is 0 Å². The monoisotopic (exact) mass is 220 g/mol. The van der Waals surface area contributed by atoms with Crippen LogP contribution < -0.4 is 0 Å². The van der Waals surface area contributed by atoms with Crippen LogP contribution in [0.1, 0.15) is 0 Å². The van der Waals surface area contributed by atoms with Crippen molar-refractivity contribution in [1.29, 1.82) is 0 Å². The SMILES string of the molecule is C=CC(=O)OC(CO)C(CO)(CO)CO. The van der Waals surface area contributed by atoms with Gasteiger partial charge in [-0.05, 0) is 0 Å². The highest BCUT2D eigenvalue weighted by Gasteiger charge is 2.39. The Hall–Kier alpha value is -0.950. The number of ether oxygens (including phenoxy) is 1. The molecule has 0 aromatic heterocycles. The maximum atomic E-state index is 10.9. The number of rotatable bonds is 7. The summed E-state index contributed by atoms with van der Waals surface area (Å²) in [4.78, 5) is 10.9. The van der Waals surface area contributed by atoms with Crippen molar-refractivity contribution >= 4 is 5.97 Å². The van der Waals surface area contributed by atoms with Gasteiger partial charge >= 0.3 is 5.97 Å². The minimum atomic E-state index is -1.45. The van der Waals surface area contributed by atoms with E-state index >= 15 is 0 Å². The molecule has 88 valence electrons. The van der Waals surface area contributed by atoms with Crippen molar-refractivity contribution in [2.75, 3.05) is 26.4 Å². The van der Waals surface area contributed by atoms with Crippen LogP contribution in [0.5, 0.6) is 0 Å². The molecule has 0 bridgehead atoms. The van der Waals surface area contributed by atoms with E-state index < -0.39 is 43.9 Å². The molecule has 0 aliphatic rings. The molecule has 0 heterocycles. The van der Waals surface area contributed by atoms with E-state index in [4.69, 9.17) is 25.2 Å². The number of esters is 1. The zero-order valence-electron chi connectivity index (χ0n) is 8.30. The Morgan fingerprint density at radius 3 is 2.00 bits per heavy atom. The molecule has 0 radical (unpaired) electrons. The average Bonchev–Trinajstić information content (AvgIpc) is 2.29. The molecule has 0 saturated heterocycles. The predicted molar refractivity (Wildman–Crippen MR) is 50.9 cm³/mol. The third-order valence-corrected chi connectivity index (χ3v) is 2.22. The lowest BCUT2D eigenvalue weighted by Crippen LogP contribution is -2.49. The van der Waals surface area contributed by atoms with Crippen LogP contribution in [-0.4, -0.2) is 58.9 Å². The summed E-state index contributed by atoms with van der Waals surface area (Å²) in [5.74, 6) is -0.797. The van der Waals surface area contributed by atoms with E-state index in [1.807, 2.05) is 0 Å². The first-order valence-corrected chi connectivity index (χ1v) is 4.36. The van der Waals surface area contributed by atoms with Gasteiger partial charge in [0.05, 0.1) is 31.8 Å². The number of hydrogen-bond donors (Lipinski definition) is 4. The lowest BCUT2D eigenvalue weighted by atomic mass is 9.84. The highest BCUT2D eigenvalue weighted by atomic mass is 16.6.